The summed E-state index contributed by atoms with van der Waals surface area (Å²) in [6.45, 7) is 6.10. The number of aromatic nitrogens is 4. The van der Waals surface area contributed by atoms with Crippen LogP contribution in [0.2, 0.25) is 0 Å². The Labute approximate surface area is 109 Å². The summed E-state index contributed by atoms with van der Waals surface area (Å²) in [5, 5.41) is 9.47. The minimum Gasteiger partial charge on any atom is -0.302 e. The molecule has 2 heterocycles. The number of amides is 1. The van der Waals surface area contributed by atoms with Gasteiger partial charge in [-0.1, -0.05) is 6.92 Å². The second-order valence-corrected chi connectivity index (χ2v) is 5.01. The molecule has 0 bridgehead atoms. The molecule has 0 aliphatic heterocycles. The van der Waals surface area contributed by atoms with Crippen molar-refractivity contribution in [2.24, 2.45) is 5.92 Å². The highest BCUT2D eigenvalue weighted by atomic mass is 32.1. The quantitative estimate of drug-likeness (QED) is 0.911. The summed E-state index contributed by atoms with van der Waals surface area (Å²) in [6, 6.07) is 0. The Hall–Kier alpha value is -1.76. The average Bonchev–Trinajstić information content (AvgIpc) is 2.89. The molecule has 2 aromatic rings. The molecule has 0 spiro atoms. The van der Waals surface area contributed by atoms with Crippen molar-refractivity contribution in [2.75, 3.05) is 5.32 Å². The number of anilines is 1. The molecule has 0 aromatic carbocycles. The van der Waals surface area contributed by atoms with Crippen molar-refractivity contribution < 1.29 is 4.79 Å². The van der Waals surface area contributed by atoms with Crippen LogP contribution in [-0.2, 0) is 11.3 Å². The average molecular weight is 265 g/mol. The zero-order valence-corrected chi connectivity index (χ0v) is 11.4. The van der Waals surface area contributed by atoms with Gasteiger partial charge in [-0.15, -0.1) is 11.3 Å². The Kier molecular flexibility index (Phi) is 3.71. The molecule has 1 N–H and O–H groups in total. The number of nitrogens with one attached hydrogen (secondary N) is 1. The van der Waals surface area contributed by atoms with Gasteiger partial charge in [0, 0.05) is 11.6 Å². The number of thiazole rings is 1. The van der Waals surface area contributed by atoms with Gasteiger partial charge in [-0.3, -0.25) is 4.79 Å². The lowest BCUT2D eigenvalue weighted by Crippen LogP contribution is -2.25. The largest absolute Gasteiger partial charge is 0.302 e. The first-order valence-electron chi connectivity index (χ1n) is 5.64. The van der Waals surface area contributed by atoms with E-state index in [-0.39, 0.29) is 11.8 Å². The molecule has 6 nitrogen and oxygen atoms in total. The van der Waals surface area contributed by atoms with Gasteiger partial charge in [0.1, 0.15) is 11.6 Å². The fourth-order valence-corrected chi connectivity index (χ4v) is 2.12. The monoisotopic (exact) mass is 265 g/mol. The predicted molar refractivity (Wildman–Crippen MR) is 69.4 cm³/mol. The van der Waals surface area contributed by atoms with Crippen LogP contribution in [0.4, 0.5) is 5.13 Å². The van der Waals surface area contributed by atoms with E-state index in [2.05, 4.69) is 20.4 Å². The van der Waals surface area contributed by atoms with E-state index in [9.17, 15) is 4.79 Å². The maximum Gasteiger partial charge on any atom is 0.230 e. The Morgan fingerprint density at radius 3 is 2.89 bits per heavy atom. The van der Waals surface area contributed by atoms with Crippen molar-refractivity contribution >= 4 is 22.4 Å². The van der Waals surface area contributed by atoms with Crippen molar-refractivity contribution in [3.63, 3.8) is 0 Å². The minimum absolute atomic E-state index is 0.0579. The predicted octanol–water partition coefficient (Wildman–Crippen LogP) is 1.63. The lowest BCUT2D eigenvalue weighted by atomic mass is 10.1. The number of hydrogen-bond donors (Lipinski definition) is 1. The fraction of sp³-hybridized carbons (Fsp3) is 0.455. The number of rotatable bonds is 4. The van der Waals surface area contributed by atoms with Gasteiger partial charge >= 0.3 is 0 Å². The molecule has 7 heteroatoms. The van der Waals surface area contributed by atoms with E-state index in [4.69, 9.17) is 0 Å². The molecule has 18 heavy (non-hydrogen) atoms. The van der Waals surface area contributed by atoms with Gasteiger partial charge < -0.3 is 5.32 Å². The number of nitrogens with zero attached hydrogens (tertiary/aromatic N) is 4. The van der Waals surface area contributed by atoms with E-state index in [1.807, 2.05) is 26.2 Å². The van der Waals surface area contributed by atoms with Crippen LogP contribution < -0.4 is 5.32 Å². The second-order valence-electron chi connectivity index (χ2n) is 4.12. The van der Waals surface area contributed by atoms with Crippen LogP contribution in [0, 0.1) is 19.8 Å². The van der Waals surface area contributed by atoms with Crippen molar-refractivity contribution in [3.05, 3.63) is 23.2 Å². The molecule has 1 atom stereocenters. The summed E-state index contributed by atoms with van der Waals surface area (Å²) >= 11 is 1.40. The summed E-state index contributed by atoms with van der Waals surface area (Å²) in [5.74, 6) is 1.30. The van der Waals surface area contributed by atoms with Crippen LogP contribution >= 0.6 is 11.3 Å². The topological polar surface area (TPSA) is 72.7 Å². The van der Waals surface area contributed by atoms with E-state index in [1.54, 1.807) is 10.9 Å². The first-order valence-corrected chi connectivity index (χ1v) is 6.52. The van der Waals surface area contributed by atoms with E-state index >= 15 is 0 Å². The van der Waals surface area contributed by atoms with E-state index in [0.29, 0.717) is 11.7 Å². The smallest absolute Gasteiger partial charge is 0.230 e. The summed E-state index contributed by atoms with van der Waals surface area (Å²) in [7, 11) is 0. The molecular weight excluding hydrogens is 250 g/mol. The van der Waals surface area contributed by atoms with Gasteiger partial charge in [0.25, 0.3) is 0 Å². The van der Waals surface area contributed by atoms with Crippen molar-refractivity contribution in [3.8, 4) is 0 Å². The van der Waals surface area contributed by atoms with Gasteiger partial charge in [-0.2, -0.15) is 5.10 Å². The number of carbonyl (C=O) groups is 1. The lowest BCUT2D eigenvalue weighted by molar-refractivity contribution is -0.119. The Morgan fingerprint density at radius 1 is 1.56 bits per heavy atom. The maximum atomic E-state index is 11.9. The summed E-state index contributed by atoms with van der Waals surface area (Å²) in [6.07, 6.45) is 1.66. The Bertz CT molecular complexity index is 534. The third kappa shape index (κ3) is 2.92. The van der Waals surface area contributed by atoms with Crippen molar-refractivity contribution in [2.45, 2.75) is 27.3 Å². The van der Waals surface area contributed by atoms with E-state index in [0.717, 1.165) is 11.6 Å². The van der Waals surface area contributed by atoms with Gasteiger partial charge in [-0.25, -0.2) is 14.6 Å². The Balaban J connectivity index is 1.97. The number of aryl methyl sites for hydroxylation is 2. The molecule has 0 aliphatic carbocycles. The van der Waals surface area contributed by atoms with Gasteiger partial charge in [0.05, 0.1) is 12.5 Å². The molecule has 0 fully saturated rings. The molecule has 96 valence electrons. The van der Waals surface area contributed by atoms with Gasteiger partial charge in [0.15, 0.2) is 5.13 Å². The summed E-state index contributed by atoms with van der Waals surface area (Å²) in [4.78, 5) is 20.2. The molecule has 2 aromatic heterocycles. The molecule has 2 rings (SSSR count). The zero-order valence-electron chi connectivity index (χ0n) is 10.5. The maximum absolute atomic E-state index is 11.9. The molecule has 0 radical (unpaired) electrons. The van der Waals surface area contributed by atoms with E-state index in [1.165, 1.54) is 11.3 Å². The highest BCUT2D eigenvalue weighted by Gasteiger charge is 2.16. The minimum atomic E-state index is -0.186. The van der Waals surface area contributed by atoms with Crippen LogP contribution in [0.5, 0.6) is 0 Å². The third-order valence-electron chi connectivity index (χ3n) is 2.52. The van der Waals surface area contributed by atoms with Crippen molar-refractivity contribution in [1.82, 2.24) is 19.7 Å². The molecule has 0 saturated carbocycles. The first-order chi connectivity index (χ1) is 8.56. The van der Waals surface area contributed by atoms with Crippen LogP contribution in [0.15, 0.2) is 11.6 Å². The van der Waals surface area contributed by atoms with E-state index < -0.39 is 0 Å². The molecule has 1 amide bonds. The van der Waals surface area contributed by atoms with Crippen LogP contribution in [-0.4, -0.2) is 25.7 Å². The number of hydrogen-bond acceptors (Lipinski definition) is 5. The summed E-state index contributed by atoms with van der Waals surface area (Å²) in [5.41, 5.74) is 0. The molecule has 0 unspecified atom stereocenters. The normalized spacial score (nSPS) is 12.4. The first kappa shape index (κ1) is 12.7. The SMILES string of the molecule is Cc1nc(C)n(C[C@H](C)C(=O)Nc2nccs2)n1. The lowest BCUT2D eigenvalue weighted by Gasteiger charge is -2.11. The second kappa shape index (κ2) is 5.26. The number of carbonyl (C=O) groups excluding carboxylic acids is 1. The van der Waals surface area contributed by atoms with Crippen LogP contribution in [0.25, 0.3) is 0 Å². The third-order valence-corrected chi connectivity index (χ3v) is 3.21. The summed E-state index contributed by atoms with van der Waals surface area (Å²) < 4.78 is 1.75. The van der Waals surface area contributed by atoms with Crippen LogP contribution in [0.3, 0.4) is 0 Å². The molecule has 0 saturated heterocycles. The molecule has 0 aliphatic rings. The fourth-order valence-electron chi connectivity index (χ4n) is 1.59. The zero-order chi connectivity index (χ0) is 13.1. The van der Waals surface area contributed by atoms with Crippen molar-refractivity contribution in [1.29, 1.82) is 0 Å². The van der Waals surface area contributed by atoms with Crippen LogP contribution in [0.1, 0.15) is 18.6 Å². The highest BCUT2D eigenvalue weighted by Crippen LogP contribution is 2.12. The van der Waals surface area contributed by atoms with Gasteiger partial charge in [-0.05, 0) is 13.8 Å². The molecular formula is C11H15N5OS. The highest BCUT2D eigenvalue weighted by molar-refractivity contribution is 7.13. The van der Waals surface area contributed by atoms with Gasteiger partial charge in [0.2, 0.25) is 5.91 Å². The standard InChI is InChI=1S/C11H15N5OS/c1-7(6-16-9(3)13-8(2)15-16)10(17)14-11-12-4-5-18-11/h4-5,7H,6H2,1-3H3,(H,12,14,17)/t7-/m0/s1. The Morgan fingerprint density at radius 2 is 2.33 bits per heavy atom.